The summed E-state index contributed by atoms with van der Waals surface area (Å²) in [6.07, 6.45) is 0. The number of hydrogen-bond donors (Lipinski definition) is 0. The standard InChI is InChI=1S/C22H20FN3O5S2/c23-16-3-1-15(2-4-16)21-24-18(14-32-21)22(27)25-7-9-26(10-8-25)33(28,29)17-5-6-19-20(13-17)31-12-11-30-19/h1-6,13-14H,7-12H2. The number of hydrogen-bond acceptors (Lipinski definition) is 7. The number of carbonyl (C=O) groups is 1. The minimum absolute atomic E-state index is 0.134. The molecule has 0 radical (unpaired) electrons. The number of nitrogens with zero attached hydrogens (tertiary/aromatic N) is 3. The summed E-state index contributed by atoms with van der Waals surface area (Å²) in [5.41, 5.74) is 1.03. The van der Waals surface area contributed by atoms with Gasteiger partial charge in [0.05, 0.1) is 4.90 Å². The van der Waals surface area contributed by atoms with Gasteiger partial charge in [0.1, 0.15) is 29.7 Å². The lowest BCUT2D eigenvalue weighted by Gasteiger charge is -2.33. The van der Waals surface area contributed by atoms with Gasteiger partial charge in [-0.2, -0.15) is 4.31 Å². The molecule has 1 aromatic heterocycles. The number of rotatable bonds is 4. The second-order valence-electron chi connectivity index (χ2n) is 7.55. The smallest absolute Gasteiger partial charge is 0.273 e. The van der Waals surface area contributed by atoms with Crippen LogP contribution in [0.4, 0.5) is 4.39 Å². The molecular formula is C22H20FN3O5S2. The molecule has 1 fully saturated rings. The van der Waals surface area contributed by atoms with Crippen molar-refractivity contribution in [3.63, 3.8) is 0 Å². The van der Waals surface area contributed by atoms with Crippen LogP contribution in [0, 0.1) is 5.82 Å². The fraction of sp³-hybridized carbons (Fsp3) is 0.273. The van der Waals surface area contributed by atoms with Crippen molar-refractivity contribution in [3.05, 3.63) is 59.4 Å². The number of carbonyl (C=O) groups excluding carboxylic acids is 1. The lowest BCUT2D eigenvalue weighted by atomic mass is 10.2. The number of benzene rings is 2. The second-order valence-corrected chi connectivity index (χ2v) is 10.3. The molecule has 0 unspecified atom stereocenters. The van der Waals surface area contributed by atoms with E-state index in [4.69, 9.17) is 9.47 Å². The first-order chi connectivity index (χ1) is 15.9. The van der Waals surface area contributed by atoms with Crippen molar-refractivity contribution in [3.8, 4) is 22.1 Å². The van der Waals surface area contributed by atoms with Gasteiger partial charge in [0, 0.05) is 43.2 Å². The van der Waals surface area contributed by atoms with Gasteiger partial charge in [0.25, 0.3) is 5.91 Å². The largest absolute Gasteiger partial charge is 0.486 e. The molecule has 2 aliphatic rings. The summed E-state index contributed by atoms with van der Waals surface area (Å²) in [6.45, 7) is 1.67. The van der Waals surface area contributed by atoms with Gasteiger partial charge in [-0.05, 0) is 36.4 Å². The van der Waals surface area contributed by atoms with Gasteiger partial charge in [-0.1, -0.05) is 0 Å². The predicted molar refractivity (Wildman–Crippen MR) is 120 cm³/mol. The Bertz CT molecular complexity index is 1290. The summed E-state index contributed by atoms with van der Waals surface area (Å²) in [6, 6.07) is 10.5. The molecule has 3 heterocycles. The van der Waals surface area contributed by atoms with Crippen LogP contribution >= 0.6 is 11.3 Å². The lowest BCUT2D eigenvalue weighted by molar-refractivity contribution is 0.0693. The Morgan fingerprint density at radius 1 is 0.970 bits per heavy atom. The molecule has 3 aromatic rings. The van der Waals surface area contributed by atoms with E-state index in [2.05, 4.69) is 4.98 Å². The van der Waals surface area contributed by atoms with E-state index in [1.807, 2.05) is 0 Å². The SMILES string of the molecule is O=C(c1csc(-c2ccc(F)cc2)n1)N1CCN(S(=O)(=O)c2ccc3c(c2)OCCO3)CC1. The lowest BCUT2D eigenvalue weighted by Crippen LogP contribution is -2.50. The van der Waals surface area contributed by atoms with Crippen molar-refractivity contribution in [1.29, 1.82) is 0 Å². The van der Waals surface area contributed by atoms with E-state index < -0.39 is 10.0 Å². The van der Waals surface area contributed by atoms with E-state index in [-0.39, 0.29) is 42.8 Å². The van der Waals surface area contributed by atoms with Gasteiger partial charge in [0.2, 0.25) is 10.0 Å². The van der Waals surface area contributed by atoms with Crippen LogP contribution in [0.5, 0.6) is 11.5 Å². The summed E-state index contributed by atoms with van der Waals surface area (Å²) in [7, 11) is -3.73. The molecule has 0 aliphatic carbocycles. The van der Waals surface area contributed by atoms with E-state index in [0.717, 1.165) is 5.56 Å². The van der Waals surface area contributed by atoms with Crippen LogP contribution in [-0.2, 0) is 10.0 Å². The molecule has 8 nitrogen and oxygen atoms in total. The molecule has 1 saturated heterocycles. The summed E-state index contributed by atoms with van der Waals surface area (Å²) in [5.74, 6) is 0.349. The normalized spacial score (nSPS) is 16.6. The molecular weight excluding hydrogens is 469 g/mol. The number of sulfonamides is 1. The van der Waals surface area contributed by atoms with Gasteiger partial charge >= 0.3 is 0 Å². The topological polar surface area (TPSA) is 89.0 Å². The number of amides is 1. The Hall–Kier alpha value is -3.02. The average molecular weight is 490 g/mol. The number of halogens is 1. The molecule has 0 N–H and O–H groups in total. The highest BCUT2D eigenvalue weighted by atomic mass is 32.2. The van der Waals surface area contributed by atoms with Crippen molar-refractivity contribution in [2.75, 3.05) is 39.4 Å². The fourth-order valence-electron chi connectivity index (χ4n) is 3.72. The van der Waals surface area contributed by atoms with Crippen molar-refractivity contribution < 1.29 is 27.1 Å². The van der Waals surface area contributed by atoms with Crippen LogP contribution in [0.2, 0.25) is 0 Å². The number of aromatic nitrogens is 1. The summed E-state index contributed by atoms with van der Waals surface area (Å²) >= 11 is 1.30. The molecule has 11 heteroatoms. The van der Waals surface area contributed by atoms with E-state index in [1.54, 1.807) is 28.5 Å². The highest BCUT2D eigenvalue weighted by molar-refractivity contribution is 7.89. The molecule has 2 aromatic carbocycles. The summed E-state index contributed by atoms with van der Waals surface area (Å²) in [5, 5.41) is 2.29. The maximum atomic E-state index is 13.1. The molecule has 172 valence electrons. The van der Waals surface area contributed by atoms with E-state index >= 15 is 0 Å². The summed E-state index contributed by atoms with van der Waals surface area (Å²) < 4.78 is 51.6. The minimum atomic E-state index is -3.73. The third-order valence-electron chi connectivity index (χ3n) is 5.49. The van der Waals surface area contributed by atoms with Crippen molar-refractivity contribution >= 4 is 27.3 Å². The van der Waals surface area contributed by atoms with Gasteiger partial charge < -0.3 is 14.4 Å². The van der Waals surface area contributed by atoms with Crippen LogP contribution in [0.3, 0.4) is 0 Å². The Labute approximate surface area is 194 Å². The molecule has 0 spiro atoms. The molecule has 1 amide bonds. The van der Waals surface area contributed by atoms with Gasteiger partial charge in [0.15, 0.2) is 11.5 Å². The molecule has 0 bridgehead atoms. The van der Waals surface area contributed by atoms with Gasteiger partial charge in [-0.15, -0.1) is 11.3 Å². The van der Waals surface area contributed by atoms with E-state index in [9.17, 15) is 17.6 Å². The molecule has 0 atom stereocenters. The molecule has 5 rings (SSSR count). The Morgan fingerprint density at radius 2 is 1.67 bits per heavy atom. The van der Waals surface area contributed by atoms with Gasteiger partial charge in [-0.25, -0.2) is 17.8 Å². The zero-order chi connectivity index (χ0) is 23.0. The first-order valence-electron chi connectivity index (χ1n) is 10.3. The number of piperazine rings is 1. The van der Waals surface area contributed by atoms with E-state index in [0.29, 0.717) is 35.4 Å². The predicted octanol–water partition coefficient (Wildman–Crippen LogP) is 2.87. The maximum absolute atomic E-state index is 13.1. The first kappa shape index (κ1) is 21.8. The maximum Gasteiger partial charge on any atom is 0.273 e. The number of ether oxygens (including phenoxy) is 2. The van der Waals surface area contributed by atoms with Crippen LogP contribution < -0.4 is 9.47 Å². The van der Waals surface area contributed by atoms with Crippen LogP contribution in [0.15, 0.2) is 52.7 Å². The first-order valence-corrected chi connectivity index (χ1v) is 12.6. The average Bonchev–Trinajstić information content (AvgIpc) is 3.34. The van der Waals surface area contributed by atoms with E-state index in [1.165, 1.54) is 39.9 Å². The monoisotopic (exact) mass is 489 g/mol. The third-order valence-corrected chi connectivity index (χ3v) is 8.28. The van der Waals surface area contributed by atoms with Crippen LogP contribution in [0.1, 0.15) is 10.5 Å². The molecule has 33 heavy (non-hydrogen) atoms. The Balaban J connectivity index is 1.25. The van der Waals surface area contributed by atoms with Crippen molar-refractivity contribution in [1.82, 2.24) is 14.2 Å². The number of thiazole rings is 1. The fourth-order valence-corrected chi connectivity index (χ4v) is 5.96. The third kappa shape index (κ3) is 4.31. The van der Waals surface area contributed by atoms with Crippen LogP contribution in [-0.4, -0.2) is 67.9 Å². The van der Waals surface area contributed by atoms with Crippen molar-refractivity contribution in [2.24, 2.45) is 0 Å². The Morgan fingerprint density at radius 3 is 2.39 bits per heavy atom. The Kier molecular flexibility index (Phi) is 5.77. The second kappa shape index (κ2) is 8.73. The highest BCUT2D eigenvalue weighted by Gasteiger charge is 2.32. The number of fused-ring (bicyclic) bond motifs is 1. The quantitative estimate of drug-likeness (QED) is 0.560. The molecule has 2 aliphatic heterocycles. The minimum Gasteiger partial charge on any atom is -0.486 e. The van der Waals surface area contributed by atoms with Crippen molar-refractivity contribution in [2.45, 2.75) is 4.90 Å². The zero-order valence-electron chi connectivity index (χ0n) is 17.4. The molecule has 0 saturated carbocycles. The zero-order valence-corrected chi connectivity index (χ0v) is 19.1. The highest BCUT2D eigenvalue weighted by Crippen LogP contribution is 2.33. The van der Waals surface area contributed by atoms with Crippen LogP contribution in [0.25, 0.3) is 10.6 Å². The summed E-state index contributed by atoms with van der Waals surface area (Å²) in [4.78, 5) is 19.0. The van der Waals surface area contributed by atoms with Gasteiger partial charge in [-0.3, -0.25) is 4.79 Å².